The number of rotatable bonds is 2. The maximum atomic E-state index is 12.0. The summed E-state index contributed by atoms with van der Waals surface area (Å²) < 4.78 is 10.1. The quantitative estimate of drug-likeness (QED) is 0.712. The number of anilines is 1. The lowest BCUT2D eigenvalue weighted by Crippen LogP contribution is -2.27. The van der Waals surface area contributed by atoms with Crippen molar-refractivity contribution in [2.75, 3.05) is 12.4 Å². The van der Waals surface area contributed by atoms with Crippen LogP contribution in [-0.2, 0) is 22.3 Å². The van der Waals surface area contributed by atoms with E-state index < -0.39 is 11.7 Å². The largest absolute Gasteiger partial charge is 0.465 e. The summed E-state index contributed by atoms with van der Waals surface area (Å²) in [5.74, 6) is -0.383. The lowest BCUT2D eigenvalue weighted by Gasteiger charge is -2.20. The second kappa shape index (κ2) is 7.80. The van der Waals surface area contributed by atoms with Crippen LogP contribution in [-0.4, -0.2) is 24.8 Å². The minimum atomic E-state index is -0.567. The first kappa shape index (κ1) is 19.5. The van der Waals surface area contributed by atoms with Gasteiger partial charge in [-0.3, -0.25) is 5.32 Å². The molecule has 0 radical (unpaired) electrons. The highest BCUT2D eigenvalue weighted by molar-refractivity contribution is 5.90. The number of ether oxygens (including phenoxy) is 2. The Morgan fingerprint density at radius 1 is 0.964 bits per heavy atom. The molecule has 28 heavy (non-hydrogen) atoms. The van der Waals surface area contributed by atoms with Gasteiger partial charge in [0.15, 0.2) is 0 Å². The van der Waals surface area contributed by atoms with Gasteiger partial charge in [0.25, 0.3) is 0 Å². The molecular formula is C21H23N3O4. The number of fused-ring (bicyclic) bond motifs is 2. The molecule has 0 bridgehead atoms. The first-order chi connectivity index (χ1) is 13.2. The molecule has 0 aliphatic carbocycles. The van der Waals surface area contributed by atoms with E-state index in [1.165, 1.54) is 7.11 Å². The van der Waals surface area contributed by atoms with E-state index in [0.29, 0.717) is 24.1 Å². The number of amides is 1. The minimum absolute atomic E-state index is 0.383. The Hall–Kier alpha value is -3.22. The van der Waals surface area contributed by atoms with E-state index in [2.05, 4.69) is 15.5 Å². The molecule has 1 N–H and O–H groups in total. The smallest absolute Gasteiger partial charge is 0.412 e. The van der Waals surface area contributed by atoms with E-state index in [4.69, 9.17) is 9.47 Å². The number of nitrogens with one attached hydrogen (secondary N) is 1. The first-order valence-corrected chi connectivity index (χ1v) is 9.01. The number of carbonyl (C=O) groups excluding carboxylic acids is 2. The third-order valence-electron chi connectivity index (χ3n) is 4.15. The molecule has 0 saturated heterocycles. The molecule has 0 aromatic heterocycles. The van der Waals surface area contributed by atoms with Crippen LogP contribution in [0.5, 0.6) is 0 Å². The Kier molecular flexibility index (Phi) is 5.44. The second-order valence-electron chi connectivity index (χ2n) is 7.51. The van der Waals surface area contributed by atoms with Gasteiger partial charge < -0.3 is 9.47 Å². The molecule has 0 saturated carbocycles. The minimum Gasteiger partial charge on any atom is -0.465 e. The van der Waals surface area contributed by atoms with Crippen LogP contribution in [0.3, 0.4) is 0 Å². The monoisotopic (exact) mass is 381 g/mol. The van der Waals surface area contributed by atoms with Crippen LogP contribution in [0.2, 0.25) is 0 Å². The van der Waals surface area contributed by atoms with Crippen LogP contribution in [0.25, 0.3) is 0 Å². The number of hydrogen-bond donors (Lipinski definition) is 1. The fourth-order valence-electron chi connectivity index (χ4n) is 2.89. The number of carbonyl (C=O) groups is 2. The van der Waals surface area contributed by atoms with Crippen molar-refractivity contribution in [1.82, 2.24) is 0 Å². The van der Waals surface area contributed by atoms with Crippen molar-refractivity contribution < 1.29 is 19.1 Å². The van der Waals surface area contributed by atoms with Crippen LogP contribution < -0.4 is 5.32 Å². The van der Waals surface area contributed by atoms with Gasteiger partial charge in [0.2, 0.25) is 0 Å². The molecule has 1 heterocycles. The van der Waals surface area contributed by atoms with Crippen LogP contribution in [0.15, 0.2) is 46.6 Å². The number of benzene rings is 2. The first-order valence-electron chi connectivity index (χ1n) is 9.01. The van der Waals surface area contributed by atoms with Gasteiger partial charge in [0.05, 0.1) is 24.0 Å². The van der Waals surface area contributed by atoms with E-state index >= 15 is 0 Å². The summed E-state index contributed by atoms with van der Waals surface area (Å²) in [6, 6.07) is 10.7. The van der Waals surface area contributed by atoms with Gasteiger partial charge >= 0.3 is 12.1 Å². The van der Waals surface area contributed by atoms with Gasteiger partial charge in [-0.25, -0.2) is 9.59 Å². The van der Waals surface area contributed by atoms with E-state index in [1.54, 1.807) is 24.3 Å². The summed E-state index contributed by atoms with van der Waals surface area (Å²) >= 11 is 0. The second-order valence-corrected chi connectivity index (χ2v) is 7.51. The molecular weight excluding hydrogens is 358 g/mol. The number of methoxy groups -OCH3 is 1. The average molecular weight is 381 g/mol. The van der Waals surface area contributed by atoms with Gasteiger partial charge in [0, 0.05) is 5.69 Å². The highest BCUT2D eigenvalue weighted by Gasteiger charge is 2.17. The Balaban J connectivity index is 1.82. The summed E-state index contributed by atoms with van der Waals surface area (Å²) in [5, 5.41) is 11.4. The molecule has 1 amide bonds. The maximum Gasteiger partial charge on any atom is 0.412 e. The molecule has 7 nitrogen and oxygen atoms in total. The highest BCUT2D eigenvalue weighted by Crippen LogP contribution is 2.32. The maximum absolute atomic E-state index is 12.0. The normalized spacial score (nSPS) is 14.0. The predicted octanol–water partition coefficient (Wildman–Crippen LogP) is 5.33. The molecule has 7 heteroatoms. The Bertz CT molecular complexity index is 945. The van der Waals surface area contributed by atoms with Gasteiger partial charge in [-0.15, -0.1) is 0 Å². The van der Waals surface area contributed by atoms with Crippen molar-refractivity contribution in [2.45, 2.75) is 39.2 Å². The van der Waals surface area contributed by atoms with Gasteiger partial charge in [-0.05, 0) is 81.1 Å². The van der Waals surface area contributed by atoms with Crippen molar-refractivity contribution in [1.29, 1.82) is 0 Å². The molecule has 0 atom stereocenters. The SMILES string of the molecule is COC(=O)c1ccc2c(c1)CCc1cc(NC(=O)OC(C)(C)C)ccc1/N=N\2. The number of esters is 1. The average Bonchev–Trinajstić information content (AvgIpc) is 2.61. The summed E-state index contributed by atoms with van der Waals surface area (Å²) in [6.07, 6.45) is 0.866. The van der Waals surface area contributed by atoms with Gasteiger partial charge in [-0.1, -0.05) is 0 Å². The summed E-state index contributed by atoms with van der Waals surface area (Å²) in [5.41, 5.74) is 3.90. The van der Waals surface area contributed by atoms with Crippen LogP contribution in [0, 0.1) is 0 Å². The van der Waals surface area contributed by atoms with E-state index in [9.17, 15) is 9.59 Å². The molecule has 1 aliphatic heterocycles. The van der Waals surface area contributed by atoms with Crippen molar-refractivity contribution in [3.05, 3.63) is 53.1 Å². The Labute approximate surface area is 163 Å². The molecule has 0 fully saturated rings. The van der Waals surface area contributed by atoms with E-state index in [0.717, 1.165) is 22.5 Å². The lowest BCUT2D eigenvalue weighted by atomic mass is 9.99. The topological polar surface area (TPSA) is 89.3 Å². The molecule has 0 spiro atoms. The summed E-state index contributed by atoms with van der Waals surface area (Å²) in [6.45, 7) is 5.44. The Morgan fingerprint density at radius 2 is 1.57 bits per heavy atom. The van der Waals surface area contributed by atoms with E-state index in [-0.39, 0.29) is 5.97 Å². The third kappa shape index (κ3) is 4.73. The number of aryl methyl sites for hydroxylation is 2. The van der Waals surface area contributed by atoms with Crippen LogP contribution in [0.1, 0.15) is 42.3 Å². The predicted molar refractivity (Wildman–Crippen MR) is 106 cm³/mol. The van der Waals surface area contributed by atoms with Gasteiger partial charge in [-0.2, -0.15) is 10.2 Å². The van der Waals surface area contributed by atoms with Crippen LogP contribution in [0.4, 0.5) is 21.9 Å². The number of azo groups is 1. The standard InChI is InChI=1S/C21H23N3O4/c1-21(2,3)28-20(26)22-16-8-10-18-14(12-16)6-5-13-11-15(19(25)27-4)7-9-17(13)23-24-18/h7-12H,5-6H2,1-4H3,(H,22,26)/b24-23-. The zero-order valence-corrected chi connectivity index (χ0v) is 16.4. The van der Waals surface area contributed by atoms with Crippen molar-refractivity contribution in [3.8, 4) is 0 Å². The van der Waals surface area contributed by atoms with Gasteiger partial charge in [0.1, 0.15) is 5.60 Å². The van der Waals surface area contributed by atoms with Crippen molar-refractivity contribution in [3.63, 3.8) is 0 Å². The zero-order valence-electron chi connectivity index (χ0n) is 16.4. The van der Waals surface area contributed by atoms with Crippen molar-refractivity contribution >= 4 is 29.1 Å². The zero-order chi connectivity index (χ0) is 20.3. The molecule has 3 rings (SSSR count). The molecule has 146 valence electrons. The molecule has 2 aromatic carbocycles. The lowest BCUT2D eigenvalue weighted by molar-refractivity contribution is 0.0598. The Morgan fingerprint density at radius 3 is 2.18 bits per heavy atom. The van der Waals surface area contributed by atoms with Crippen molar-refractivity contribution in [2.24, 2.45) is 10.2 Å². The third-order valence-corrected chi connectivity index (χ3v) is 4.15. The summed E-state index contributed by atoms with van der Waals surface area (Å²) in [4.78, 5) is 23.8. The highest BCUT2D eigenvalue weighted by atomic mass is 16.6. The fourth-order valence-corrected chi connectivity index (χ4v) is 2.89. The number of hydrogen-bond acceptors (Lipinski definition) is 6. The number of nitrogens with zero attached hydrogens (tertiary/aromatic N) is 2. The molecule has 1 aliphatic rings. The fraction of sp³-hybridized carbons (Fsp3) is 0.333. The van der Waals surface area contributed by atoms with Crippen LogP contribution >= 0.6 is 0 Å². The summed E-state index contributed by atoms with van der Waals surface area (Å²) in [7, 11) is 1.36. The molecule has 2 aromatic rings. The van der Waals surface area contributed by atoms with E-state index in [1.807, 2.05) is 32.9 Å². The molecule has 0 unspecified atom stereocenters.